The van der Waals surface area contributed by atoms with Crippen molar-refractivity contribution in [2.75, 3.05) is 7.11 Å². The number of hydrogen-bond acceptors (Lipinski definition) is 3. The highest BCUT2D eigenvalue weighted by Gasteiger charge is 2.06. The lowest BCUT2D eigenvalue weighted by molar-refractivity contribution is 0.0955. The fourth-order valence-corrected chi connectivity index (χ4v) is 2.04. The second kappa shape index (κ2) is 7.61. The van der Waals surface area contributed by atoms with Gasteiger partial charge in [0.25, 0.3) is 5.91 Å². The zero-order chi connectivity index (χ0) is 15.9. The van der Waals surface area contributed by atoms with E-state index in [2.05, 4.69) is 10.5 Å². The number of ether oxygens (including phenoxy) is 1. The fourth-order valence-electron chi connectivity index (χ4n) is 1.92. The van der Waals surface area contributed by atoms with Crippen molar-refractivity contribution in [3.05, 3.63) is 64.7 Å². The third-order valence-electron chi connectivity index (χ3n) is 3.16. The third kappa shape index (κ3) is 4.09. The molecule has 2 aromatic rings. The molecule has 0 atom stereocenters. The quantitative estimate of drug-likeness (QED) is 0.672. The number of nitrogens with one attached hydrogen (secondary N) is 1. The summed E-state index contributed by atoms with van der Waals surface area (Å²) >= 11 is 5.87. The number of amides is 1. The van der Waals surface area contributed by atoms with Gasteiger partial charge in [-0.2, -0.15) is 5.10 Å². The number of nitrogens with zero attached hydrogens (tertiary/aromatic N) is 1. The van der Waals surface area contributed by atoms with Crippen molar-refractivity contribution in [1.29, 1.82) is 0 Å². The lowest BCUT2D eigenvalue weighted by atomic mass is 10.1. The third-order valence-corrected chi connectivity index (χ3v) is 3.41. The monoisotopic (exact) mass is 316 g/mol. The summed E-state index contributed by atoms with van der Waals surface area (Å²) in [6.07, 6.45) is 0.699. The second-order valence-electron chi connectivity index (χ2n) is 4.59. The summed E-state index contributed by atoms with van der Waals surface area (Å²) in [4.78, 5) is 12.1. The Bertz CT molecular complexity index is 664. The van der Waals surface area contributed by atoms with Crippen LogP contribution in [-0.2, 0) is 0 Å². The summed E-state index contributed by atoms with van der Waals surface area (Å²) in [5.74, 6) is 0.443. The number of halogens is 1. The minimum Gasteiger partial charge on any atom is -0.497 e. The number of carbonyl (C=O) groups excluding carboxylic acids is 1. The molecule has 1 amide bonds. The smallest absolute Gasteiger partial charge is 0.271 e. The highest BCUT2D eigenvalue weighted by Crippen LogP contribution is 2.13. The SMILES string of the molecule is CCC(=NNC(=O)c1ccc(OC)cc1)c1ccc(Cl)cc1. The Labute approximate surface area is 134 Å². The molecule has 0 radical (unpaired) electrons. The van der Waals surface area contributed by atoms with Gasteiger partial charge in [0.1, 0.15) is 5.75 Å². The Morgan fingerprint density at radius 3 is 2.23 bits per heavy atom. The molecular formula is C17H17ClN2O2. The molecule has 5 heteroatoms. The minimum atomic E-state index is -0.262. The van der Waals surface area contributed by atoms with Crippen LogP contribution in [0.5, 0.6) is 5.75 Å². The van der Waals surface area contributed by atoms with Crippen molar-refractivity contribution >= 4 is 23.2 Å². The molecule has 0 unspecified atom stereocenters. The maximum Gasteiger partial charge on any atom is 0.271 e. The molecule has 0 fully saturated rings. The molecule has 0 saturated carbocycles. The van der Waals surface area contributed by atoms with Crippen LogP contribution in [0.2, 0.25) is 5.02 Å². The van der Waals surface area contributed by atoms with Crippen LogP contribution in [0.4, 0.5) is 0 Å². The lowest BCUT2D eigenvalue weighted by Gasteiger charge is -2.06. The maximum atomic E-state index is 12.1. The molecule has 0 saturated heterocycles. The highest BCUT2D eigenvalue weighted by atomic mass is 35.5. The van der Waals surface area contributed by atoms with Gasteiger partial charge < -0.3 is 4.74 Å². The van der Waals surface area contributed by atoms with Crippen molar-refractivity contribution in [3.63, 3.8) is 0 Å². The molecule has 22 heavy (non-hydrogen) atoms. The molecule has 0 bridgehead atoms. The average molecular weight is 317 g/mol. The number of methoxy groups -OCH3 is 1. The lowest BCUT2D eigenvalue weighted by Crippen LogP contribution is -2.19. The summed E-state index contributed by atoms with van der Waals surface area (Å²) < 4.78 is 5.06. The molecule has 2 rings (SSSR count). The highest BCUT2D eigenvalue weighted by molar-refractivity contribution is 6.30. The zero-order valence-corrected chi connectivity index (χ0v) is 13.2. The molecule has 0 aliphatic heterocycles. The van der Waals surface area contributed by atoms with Gasteiger partial charge in [0.05, 0.1) is 12.8 Å². The molecule has 1 N–H and O–H groups in total. The van der Waals surface area contributed by atoms with Gasteiger partial charge in [-0.3, -0.25) is 4.79 Å². The van der Waals surface area contributed by atoms with Crippen LogP contribution in [0.3, 0.4) is 0 Å². The first-order valence-corrected chi connectivity index (χ1v) is 7.28. The van der Waals surface area contributed by atoms with Crippen LogP contribution in [0.1, 0.15) is 29.3 Å². The molecule has 4 nitrogen and oxygen atoms in total. The van der Waals surface area contributed by atoms with Crippen LogP contribution in [0, 0.1) is 0 Å². The Hall–Kier alpha value is -2.33. The Balaban J connectivity index is 2.10. The summed E-state index contributed by atoms with van der Waals surface area (Å²) in [6.45, 7) is 1.98. The molecule has 2 aromatic carbocycles. The summed E-state index contributed by atoms with van der Waals surface area (Å²) in [7, 11) is 1.58. The fraction of sp³-hybridized carbons (Fsp3) is 0.176. The molecule has 0 aliphatic rings. The largest absolute Gasteiger partial charge is 0.497 e. The Morgan fingerprint density at radius 2 is 1.68 bits per heavy atom. The van der Waals surface area contributed by atoms with Gasteiger partial charge >= 0.3 is 0 Å². The van der Waals surface area contributed by atoms with Crippen molar-refractivity contribution in [3.8, 4) is 5.75 Å². The normalized spacial score (nSPS) is 11.1. The first-order chi connectivity index (χ1) is 10.6. The van der Waals surface area contributed by atoms with Gasteiger partial charge in [0, 0.05) is 10.6 Å². The maximum absolute atomic E-state index is 12.1. The van der Waals surface area contributed by atoms with Gasteiger partial charge in [0.2, 0.25) is 0 Å². The van der Waals surface area contributed by atoms with Crippen molar-refractivity contribution < 1.29 is 9.53 Å². The summed E-state index contributed by atoms with van der Waals surface area (Å²) in [5.41, 5.74) is 4.82. The number of carbonyl (C=O) groups is 1. The minimum absolute atomic E-state index is 0.262. The number of hydrazone groups is 1. The van der Waals surface area contributed by atoms with E-state index in [1.165, 1.54) is 0 Å². The number of rotatable bonds is 5. The van der Waals surface area contributed by atoms with E-state index in [1.54, 1.807) is 43.5 Å². The van der Waals surface area contributed by atoms with Crippen molar-refractivity contribution in [2.24, 2.45) is 5.10 Å². The van der Waals surface area contributed by atoms with Crippen molar-refractivity contribution in [2.45, 2.75) is 13.3 Å². The molecule has 0 spiro atoms. The van der Waals surface area contributed by atoms with Crippen molar-refractivity contribution in [1.82, 2.24) is 5.43 Å². The van der Waals surface area contributed by atoms with Gasteiger partial charge in [0.15, 0.2) is 0 Å². The first kappa shape index (κ1) is 16.0. The van der Waals surface area contributed by atoms with Gasteiger partial charge in [-0.15, -0.1) is 0 Å². The predicted molar refractivity (Wildman–Crippen MR) is 88.7 cm³/mol. The first-order valence-electron chi connectivity index (χ1n) is 6.91. The van der Waals surface area contributed by atoms with Crippen LogP contribution in [0.25, 0.3) is 0 Å². The summed E-state index contributed by atoms with van der Waals surface area (Å²) in [5, 5.41) is 4.87. The standard InChI is InChI=1S/C17H17ClN2O2/c1-3-16(12-4-8-14(18)9-5-12)19-20-17(21)13-6-10-15(22-2)11-7-13/h4-11H,3H2,1-2H3,(H,20,21). The molecule has 0 heterocycles. The van der Waals surface area contributed by atoms with E-state index < -0.39 is 0 Å². The second-order valence-corrected chi connectivity index (χ2v) is 5.02. The zero-order valence-electron chi connectivity index (χ0n) is 12.5. The van der Waals surface area contributed by atoms with Gasteiger partial charge in [-0.05, 0) is 48.4 Å². The topological polar surface area (TPSA) is 50.7 Å². The molecule has 114 valence electrons. The number of benzene rings is 2. The Kier molecular flexibility index (Phi) is 5.55. The van der Waals surface area contributed by atoms with E-state index in [0.29, 0.717) is 22.8 Å². The van der Waals surface area contributed by atoms with E-state index in [1.807, 2.05) is 19.1 Å². The van der Waals surface area contributed by atoms with Crippen LogP contribution in [0.15, 0.2) is 53.6 Å². The number of hydrogen-bond donors (Lipinski definition) is 1. The molecular weight excluding hydrogens is 300 g/mol. The van der Waals surface area contributed by atoms with E-state index in [4.69, 9.17) is 16.3 Å². The van der Waals surface area contributed by atoms with Crippen LogP contribution in [-0.4, -0.2) is 18.7 Å². The van der Waals surface area contributed by atoms with Crippen LogP contribution < -0.4 is 10.2 Å². The van der Waals surface area contributed by atoms with E-state index >= 15 is 0 Å². The Morgan fingerprint density at radius 1 is 1.09 bits per heavy atom. The van der Waals surface area contributed by atoms with Gasteiger partial charge in [-0.25, -0.2) is 5.43 Å². The van der Waals surface area contributed by atoms with Crippen LogP contribution >= 0.6 is 11.6 Å². The molecule has 0 aliphatic carbocycles. The molecule has 0 aromatic heterocycles. The van der Waals surface area contributed by atoms with E-state index in [-0.39, 0.29) is 5.91 Å². The summed E-state index contributed by atoms with van der Waals surface area (Å²) in [6, 6.07) is 14.2. The van der Waals surface area contributed by atoms with Gasteiger partial charge in [-0.1, -0.05) is 30.7 Å². The van der Waals surface area contributed by atoms with E-state index in [9.17, 15) is 4.79 Å². The van der Waals surface area contributed by atoms with E-state index in [0.717, 1.165) is 11.3 Å². The average Bonchev–Trinajstić information content (AvgIpc) is 2.56. The predicted octanol–water partition coefficient (Wildman–Crippen LogP) is 3.89.